The summed E-state index contributed by atoms with van der Waals surface area (Å²) in [7, 11) is 0. The first kappa shape index (κ1) is 19.0. The molecule has 1 N–H and O–H groups in total. The average molecular weight is 392 g/mol. The Balaban J connectivity index is 1.38. The Kier molecular flexibility index (Phi) is 7.17. The van der Waals surface area contributed by atoms with Gasteiger partial charge in [0.1, 0.15) is 5.82 Å². The van der Waals surface area contributed by atoms with Crippen LogP contribution < -0.4 is 10.2 Å². The molecule has 1 fully saturated rings. The first-order valence-electron chi connectivity index (χ1n) is 8.57. The molecule has 1 aliphatic heterocycles. The normalized spacial score (nSPS) is 14.3. The van der Waals surface area contributed by atoms with Gasteiger partial charge in [-0.2, -0.15) is 0 Å². The molecule has 1 saturated heterocycles. The van der Waals surface area contributed by atoms with Crippen LogP contribution in [0.5, 0.6) is 0 Å². The van der Waals surface area contributed by atoms with Crippen LogP contribution in [0.1, 0.15) is 11.1 Å². The lowest BCUT2D eigenvalue weighted by Gasteiger charge is -2.27. The molecule has 7 heteroatoms. The Bertz CT molecular complexity index is 721. The molecule has 138 valence electrons. The summed E-state index contributed by atoms with van der Waals surface area (Å²) in [6.07, 6.45) is 1.82. The molecule has 0 bridgehead atoms. The number of aromatic nitrogens is 1. The van der Waals surface area contributed by atoms with E-state index in [-0.39, 0.29) is 5.91 Å². The number of hydrogen-bond acceptors (Lipinski definition) is 5. The lowest BCUT2D eigenvalue weighted by atomic mass is 10.2. The van der Waals surface area contributed by atoms with E-state index < -0.39 is 0 Å². The number of hydrogen-bond donors (Lipinski definition) is 1. The third-order valence-electron chi connectivity index (χ3n) is 4.02. The van der Waals surface area contributed by atoms with Crippen molar-refractivity contribution in [2.45, 2.75) is 12.3 Å². The largest absolute Gasteiger partial charge is 0.378 e. The van der Waals surface area contributed by atoms with Crippen molar-refractivity contribution < 1.29 is 9.53 Å². The van der Waals surface area contributed by atoms with E-state index >= 15 is 0 Å². The molecule has 1 aromatic carbocycles. The molecule has 2 aromatic rings. The lowest BCUT2D eigenvalue weighted by Crippen LogP contribution is -2.36. The summed E-state index contributed by atoms with van der Waals surface area (Å²) in [5, 5.41) is 3.66. The number of nitrogens with zero attached hydrogens (tertiary/aromatic N) is 2. The monoisotopic (exact) mass is 391 g/mol. The Hall–Kier alpha value is -1.76. The second kappa shape index (κ2) is 9.80. The maximum absolute atomic E-state index is 12.0. The Morgan fingerprint density at radius 2 is 2.08 bits per heavy atom. The number of morpholine rings is 1. The molecule has 0 spiro atoms. The van der Waals surface area contributed by atoms with Gasteiger partial charge in [0.05, 0.1) is 19.0 Å². The van der Waals surface area contributed by atoms with E-state index in [4.69, 9.17) is 16.3 Å². The van der Waals surface area contributed by atoms with E-state index in [1.54, 1.807) is 11.8 Å². The number of halogens is 1. The third-order valence-corrected chi connectivity index (χ3v) is 5.26. The SMILES string of the molecule is O=C(CSCc1cccc(Cl)c1)NCc1ccc(N2CCOCC2)nc1. The standard InChI is InChI=1S/C19H22ClN3O2S/c20-17-3-1-2-15(10-17)13-26-14-19(24)22-12-16-4-5-18(21-11-16)23-6-8-25-9-7-23/h1-5,10-11H,6-9,12-14H2,(H,22,24). The number of anilines is 1. The van der Waals surface area contributed by atoms with Gasteiger partial charge in [-0.25, -0.2) is 4.98 Å². The fraction of sp³-hybridized carbons (Fsp3) is 0.368. The van der Waals surface area contributed by atoms with Crippen LogP contribution in [0, 0.1) is 0 Å². The minimum Gasteiger partial charge on any atom is -0.378 e. The number of ether oxygens (including phenoxy) is 1. The Morgan fingerprint density at radius 1 is 1.23 bits per heavy atom. The highest BCUT2D eigenvalue weighted by atomic mass is 35.5. The second-order valence-electron chi connectivity index (χ2n) is 6.02. The van der Waals surface area contributed by atoms with Crippen molar-refractivity contribution in [3.05, 3.63) is 58.7 Å². The summed E-state index contributed by atoms with van der Waals surface area (Å²) in [6, 6.07) is 11.7. The van der Waals surface area contributed by atoms with Gasteiger partial charge in [0, 0.05) is 36.6 Å². The van der Waals surface area contributed by atoms with Crippen molar-refractivity contribution in [3.8, 4) is 0 Å². The molecule has 2 heterocycles. The summed E-state index contributed by atoms with van der Waals surface area (Å²) in [4.78, 5) is 18.7. The number of carbonyl (C=O) groups excluding carboxylic acids is 1. The molecule has 1 aromatic heterocycles. The number of nitrogens with one attached hydrogen (secondary N) is 1. The fourth-order valence-electron chi connectivity index (χ4n) is 2.64. The van der Waals surface area contributed by atoms with Crippen LogP contribution in [0.25, 0.3) is 0 Å². The van der Waals surface area contributed by atoms with E-state index in [0.717, 1.165) is 54.0 Å². The Morgan fingerprint density at radius 3 is 2.81 bits per heavy atom. The van der Waals surface area contributed by atoms with Gasteiger partial charge in [-0.3, -0.25) is 4.79 Å². The smallest absolute Gasteiger partial charge is 0.230 e. The molecule has 5 nitrogen and oxygen atoms in total. The number of benzene rings is 1. The van der Waals surface area contributed by atoms with E-state index in [2.05, 4.69) is 15.2 Å². The van der Waals surface area contributed by atoms with Gasteiger partial charge < -0.3 is 15.0 Å². The zero-order valence-corrected chi connectivity index (χ0v) is 16.1. The Labute approximate surface area is 163 Å². The topological polar surface area (TPSA) is 54.5 Å². The van der Waals surface area contributed by atoms with Gasteiger partial charge in [0.2, 0.25) is 5.91 Å². The van der Waals surface area contributed by atoms with Crippen LogP contribution in [0.2, 0.25) is 5.02 Å². The zero-order valence-electron chi connectivity index (χ0n) is 14.5. The van der Waals surface area contributed by atoms with Crippen molar-refractivity contribution in [3.63, 3.8) is 0 Å². The minimum atomic E-state index is 0.0225. The molecule has 3 rings (SSSR count). The van der Waals surface area contributed by atoms with Crippen molar-refractivity contribution in [2.24, 2.45) is 0 Å². The molecule has 1 amide bonds. The molecule has 26 heavy (non-hydrogen) atoms. The van der Waals surface area contributed by atoms with Crippen LogP contribution in [-0.2, 0) is 21.8 Å². The number of amides is 1. The van der Waals surface area contributed by atoms with Crippen LogP contribution in [-0.4, -0.2) is 42.9 Å². The van der Waals surface area contributed by atoms with E-state index in [1.165, 1.54) is 0 Å². The summed E-state index contributed by atoms with van der Waals surface area (Å²) in [6.45, 7) is 3.71. The summed E-state index contributed by atoms with van der Waals surface area (Å²) >= 11 is 7.54. The first-order valence-corrected chi connectivity index (χ1v) is 10.1. The second-order valence-corrected chi connectivity index (χ2v) is 7.45. The summed E-state index contributed by atoms with van der Waals surface area (Å²) < 4.78 is 5.35. The van der Waals surface area contributed by atoms with Gasteiger partial charge in [-0.1, -0.05) is 29.8 Å². The molecule has 1 aliphatic rings. The molecule has 0 unspecified atom stereocenters. The maximum Gasteiger partial charge on any atom is 0.230 e. The first-order chi connectivity index (χ1) is 12.7. The van der Waals surface area contributed by atoms with Crippen LogP contribution in [0.3, 0.4) is 0 Å². The number of rotatable bonds is 7. The van der Waals surface area contributed by atoms with E-state index in [0.29, 0.717) is 12.3 Å². The minimum absolute atomic E-state index is 0.0225. The highest BCUT2D eigenvalue weighted by Gasteiger charge is 2.12. The van der Waals surface area contributed by atoms with Crippen molar-refractivity contribution in [1.29, 1.82) is 0 Å². The molecule has 0 radical (unpaired) electrons. The van der Waals surface area contributed by atoms with Crippen molar-refractivity contribution in [1.82, 2.24) is 10.3 Å². The highest BCUT2D eigenvalue weighted by molar-refractivity contribution is 7.99. The van der Waals surface area contributed by atoms with E-state index in [9.17, 15) is 4.79 Å². The maximum atomic E-state index is 12.0. The van der Waals surface area contributed by atoms with Crippen LogP contribution in [0.4, 0.5) is 5.82 Å². The van der Waals surface area contributed by atoms with E-state index in [1.807, 2.05) is 42.6 Å². The molecule has 0 saturated carbocycles. The van der Waals surface area contributed by atoms with Gasteiger partial charge in [-0.15, -0.1) is 11.8 Å². The predicted octanol–water partition coefficient (Wildman–Crippen LogP) is 3.12. The summed E-state index contributed by atoms with van der Waals surface area (Å²) in [5.74, 6) is 2.17. The zero-order chi connectivity index (χ0) is 18.2. The number of thioether (sulfide) groups is 1. The summed E-state index contributed by atoms with van der Waals surface area (Å²) in [5.41, 5.74) is 2.12. The number of pyridine rings is 1. The third kappa shape index (κ3) is 5.90. The van der Waals surface area contributed by atoms with Crippen molar-refractivity contribution >= 4 is 35.1 Å². The lowest BCUT2D eigenvalue weighted by molar-refractivity contribution is -0.118. The van der Waals surface area contributed by atoms with Crippen molar-refractivity contribution in [2.75, 3.05) is 37.0 Å². The highest BCUT2D eigenvalue weighted by Crippen LogP contribution is 2.16. The quantitative estimate of drug-likeness (QED) is 0.785. The molecule has 0 aliphatic carbocycles. The fourth-order valence-corrected chi connectivity index (χ4v) is 3.66. The van der Waals surface area contributed by atoms with Crippen LogP contribution >= 0.6 is 23.4 Å². The molecular formula is C19H22ClN3O2S. The number of carbonyl (C=O) groups is 1. The van der Waals surface area contributed by atoms with Gasteiger partial charge >= 0.3 is 0 Å². The van der Waals surface area contributed by atoms with Gasteiger partial charge in [0.15, 0.2) is 0 Å². The van der Waals surface area contributed by atoms with Crippen LogP contribution in [0.15, 0.2) is 42.6 Å². The predicted molar refractivity (Wildman–Crippen MR) is 107 cm³/mol. The average Bonchev–Trinajstić information content (AvgIpc) is 2.68. The van der Waals surface area contributed by atoms with Gasteiger partial charge in [-0.05, 0) is 29.3 Å². The molecular weight excluding hydrogens is 370 g/mol. The van der Waals surface area contributed by atoms with Gasteiger partial charge in [0.25, 0.3) is 0 Å². The molecule has 0 atom stereocenters.